The lowest BCUT2D eigenvalue weighted by Gasteiger charge is -2.31. The van der Waals surface area contributed by atoms with Gasteiger partial charge in [0.25, 0.3) is 0 Å². The van der Waals surface area contributed by atoms with Crippen molar-refractivity contribution in [3.8, 4) is 0 Å². The summed E-state index contributed by atoms with van der Waals surface area (Å²) in [6.07, 6.45) is 8.88. The fraction of sp³-hybridized carbons (Fsp3) is 0.562. The Balaban J connectivity index is 0. The summed E-state index contributed by atoms with van der Waals surface area (Å²) in [5.74, 6) is 0.653. The van der Waals surface area contributed by atoms with E-state index in [1.807, 2.05) is 30.9 Å². The van der Waals surface area contributed by atoms with Crippen LogP contribution in [0.25, 0.3) is 0 Å². The summed E-state index contributed by atoms with van der Waals surface area (Å²) < 4.78 is 0. The predicted octanol–water partition coefficient (Wildman–Crippen LogP) is 4.00. The van der Waals surface area contributed by atoms with E-state index in [9.17, 15) is 4.79 Å². The molecule has 1 aliphatic heterocycles. The largest absolute Gasteiger partial charge is 0.341 e. The van der Waals surface area contributed by atoms with Gasteiger partial charge in [-0.15, -0.1) is 0 Å². The van der Waals surface area contributed by atoms with Crippen molar-refractivity contribution in [2.24, 2.45) is 5.92 Å². The quantitative estimate of drug-likeness (QED) is 0.766. The van der Waals surface area contributed by atoms with Crippen molar-refractivity contribution in [1.82, 2.24) is 10.2 Å². The van der Waals surface area contributed by atoms with E-state index in [1.54, 1.807) is 13.1 Å². The average molecular weight is 266 g/mol. The molecule has 0 spiro atoms. The number of likely N-dealkylation sites (tertiary alicyclic amines) is 1. The maximum Gasteiger partial charge on any atom is 0.317 e. The molecule has 0 saturated carbocycles. The number of carbonyl (C=O) groups is 1. The summed E-state index contributed by atoms with van der Waals surface area (Å²) in [7, 11) is 1.68. The zero-order valence-electron chi connectivity index (χ0n) is 12.6. The van der Waals surface area contributed by atoms with Crippen LogP contribution in [0.2, 0.25) is 0 Å². The third-order valence-electron chi connectivity index (χ3n) is 3.23. The first-order chi connectivity index (χ1) is 9.21. The van der Waals surface area contributed by atoms with Crippen LogP contribution in [0.5, 0.6) is 0 Å². The predicted molar refractivity (Wildman–Crippen MR) is 85.3 cm³/mol. The summed E-state index contributed by atoms with van der Waals surface area (Å²) in [4.78, 5) is 13.3. The average Bonchev–Trinajstić information content (AvgIpc) is 2.48. The maximum atomic E-state index is 11.4. The molecule has 1 N–H and O–H groups in total. The Kier molecular flexibility index (Phi) is 9.59. The van der Waals surface area contributed by atoms with Crippen LogP contribution in [0.3, 0.4) is 0 Å². The first-order valence-corrected chi connectivity index (χ1v) is 7.12. The molecule has 3 heteroatoms. The monoisotopic (exact) mass is 266 g/mol. The minimum atomic E-state index is 0. The molecule has 0 aromatic heterocycles. The summed E-state index contributed by atoms with van der Waals surface area (Å²) in [5, 5.41) is 2.67. The number of carbonyl (C=O) groups excluding carboxylic acids is 1. The molecule has 19 heavy (non-hydrogen) atoms. The zero-order valence-corrected chi connectivity index (χ0v) is 12.6. The number of urea groups is 1. The number of hydrogen-bond acceptors (Lipinski definition) is 1. The molecule has 1 heterocycles. The van der Waals surface area contributed by atoms with Gasteiger partial charge in [-0.3, -0.25) is 0 Å². The van der Waals surface area contributed by atoms with Crippen LogP contribution in [0, 0.1) is 5.92 Å². The van der Waals surface area contributed by atoms with Gasteiger partial charge < -0.3 is 10.2 Å². The highest BCUT2D eigenvalue weighted by molar-refractivity contribution is 5.73. The van der Waals surface area contributed by atoms with Crippen LogP contribution in [0.15, 0.2) is 37.0 Å². The van der Waals surface area contributed by atoms with Gasteiger partial charge in [0.2, 0.25) is 0 Å². The van der Waals surface area contributed by atoms with Crippen molar-refractivity contribution in [3.63, 3.8) is 0 Å². The molecule has 0 aliphatic carbocycles. The molecular formula is C16H30N2O. The minimum absolute atomic E-state index is 0. The Bertz CT molecular complexity index is 318. The zero-order chi connectivity index (χ0) is 14.7. The molecule has 1 fully saturated rings. The van der Waals surface area contributed by atoms with Crippen molar-refractivity contribution in [1.29, 1.82) is 0 Å². The van der Waals surface area contributed by atoms with Crippen LogP contribution < -0.4 is 5.32 Å². The second-order valence-corrected chi connectivity index (χ2v) is 4.37. The Labute approximate surface area is 119 Å². The number of allylic oxidation sites excluding steroid dienone is 4. The maximum absolute atomic E-state index is 11.4. The number of piperidine rings is 1. The van der Waals surface area contributed by atoms with Gasteiger partial charge in [0.15, 0.2) is 0 Å². The first kappa shape index (κ1) is 17.5. The Morgan fingerprint density at radius 2 is 1.95 bits per heavy atom. The van der Waals surface area contributed by atoms with Gasteiger partial charge in [0.05, 0.1) is 0 Å². The molecule has 0 aromatic rings. The molecule has 0 unspecified atom stereocenters. The fourth-order valence-electron chi connectivity index (χ4n) is 2.20. The number of rotatable bonds is 4. The van der Waals surface area contributed by atoms with Gasteiger partial charge in [-0.25, -0.2) is 4.79 Å². The first-order valence-electron chi connectivity index (χ1n) is 7.12. The molecule has 0 radical (unpaired) electrons. The van der Waals surface area contributed by atoms with Gasteiger partial charge in [-0.05, 0) is 30.8 Å². The SMILES string of the molecule is C=C/C=C(\C=C)CC1CCN(C(=O)NC)CC1.CC.[HH]. The molecule has 1 aliphatic rings. The van der Waals surface area contributed by atoms with Crippen LogP contribution in [-0.2, 0) is 0 Å². The van der Waals surface area contributed by atoms with Crippen molar-refractivity contribution in [2.75, 3.05) is 20.1 Å². The van der Waals surface area contributed by atoms with Crippen LogP contribution in [-0.4, -0.2) is 31.1 Å². The van der Waals surface area contributed by atoms with Gasteiger partial charge in [-0.1, -0.05) is 45.2 Å². The normalized spacial score (nSPS) is 16.2. The van der Waals surface area contributed by atoms with Crippen LogP contribution in [0.1, 0.15) is 34.5 Å². The molecule has 2 amide bonds. The van der Waals surface area contributed by atoms with Gasteiger partial charge in [-0.2, -0.15) is 0 Å². The van der Waals surface area contributed by atoms with Crippen molar-refractivity contribution >= 4 is 6.03 Å². The number of hydrogen-bond donors (Lipinski definition) is 1. The molecule has 0 bridgehead atoms. The highest BCUT2D eigenvalue weighted by Crippen LogP contribution is 2.24. The lowest BCUT2D eigenvalue weighted by atomic mass is 9.90. The Hall–Kier alpha value is -1.51. The van der Waals surface area contributed by atoms with E-state index in [-0.39, 0.29) is 7.46 Å². The third-order valence-corrected chi connectivity index (χ3v) is 3.23. The second kappa shape index (κ2) is 10.4. The summed E-state index contributed by atoms with van der Waals surface area (Å²) in [6, 6.07) is 0.0361. The lowest BCUT2D eigenvalue weighted by molar-refractivity contribution is 0.172. The molecule has 0 atom stereocenters. The fourth-order valence-corrected chi connectivity index (χ4v) is 2.20. The third kappa shape index (κ3) is 6.27. The smallest absolute Gasteiger partial charge is 0.317 e. The van der Waals surface area contributed by atoms with E-state index in [0.29, 0.717) is 5.92 Å². The molecule has 3 nitrogen and oxygen atoms in total. The molecular weight excluding hydrogens is 236 g/mol. The topological polar surface area (TPSA) is 32.3 Å². The Morgan fingerprint density at radius 1 is 1.37 bits per heavy atom. The van der Waals surface area contributed by atoms with Crippen molar-refractivity contribution < 1.29 is 6.22 Å². The molecule has 110 valence electrons. The highest BCUT2D eigenvalue weighted by Gasteiger charge is 2.22. The van der Waals surface area contributed by atoms with E-state index in [0.717, 1.165) is 32.4 Å². The Morgan fingerprint density at radius 3 is 2.37 bits per heavy atom. The molecule has 0 aromatic carbocycles. The van der Waals surface area contributed by atoms with E-state index in [1.165, 1.54) is 5.57 Å². The van der Waals surface area contributed by atoms with Gasteiger partial charge in [0, 0.05) is 21.6 Å². The van der Waals surface area contributed by atoms with Gasteiger partial charge >= 0.3 is 6.03 Å². The molecule has 1 saturated heterocycles. The minimum Gasteiger partial charge on any atom is -0.341 e. The highest BCUT2D eigenvalue weighted by atomic mass is 16.2. The second-order valence-electron chi connectivity index (χ2n) is 4.37. The summed E-state index contributed by atoms with van der Waals surface area (Å²) in [6.45, 7) is 13.2. The lowest BCUT2D eigenvalue weighted by Crippen LogP contribution is -2.43. The number of nitrogens with one attached hydrogen (secondary N) is 1. The summed E-state index contributed by atoms with van der Waals surface area (Å²) >= 11 is 0. The van der Waals surface area contributed by atoms with Crippen LogP contribution >= 0.6 is 0 Å². The van der Waals surface area contributed by atoms with E-state index >= 15 is 0 Å². The van der Waals surface area contributed by atoms with E-state index < -0.39 is 0 Å². The van der Waals surface area contributed by atoms with E-state index in [2.05, 4.69) is 18.5 Å². The summed E-state index contributed by atoms with van der Waals surface area (Å²) in [5.41, 5.74) is 1.23. The van der Waals surface area contributed by atoms with E-state index in [4.69, 9.17) is 0 Å². The standard InChI is InChI=1S/C14H22N2O.C2H6.H2/c1-4-6-12(5-2)11-13-7-9-16(10-8-13)14(17)15-3;1-2;/h4-6,13H,1-2,7-11H2,3H3,(H,15,17);1-2H3;1H/b12-6+;;. The van der Waals surface area contributed by atoms with Crippen molar-refractivity contribution in [3.05, 3.63) is 37.0 Å². The van der Waals surface area contributed by atoms with Crippen LogP contribution in [0.4, 0.5) is 4.79 Å². The molecule has 1 rings (SSSR count). The number of nitrogens with zero attached hydrogens (tertiary/aromatic N) is 1. The van der Waals surface area contributed by atoms with Crippen molar-refractivity contribution in [2.45, 2.75) is 33.1 Å². The van der Waals surface area contributed by atoms with Gasteiger partial charge in [0.1, 0.15) is 0 Å². The number of amides is 2.